The van der Waals surface area contributed by atoms with E-state index >= 15 is 0 Å². The first-order valence-electron chi connectivity index (χ1n) is 28.2. The van der Waals surface area contributed by atoms with E-state index in [-0.39, 0.29) is 52.0 Å². The van der Waals surface area contributed by atoms with Gasteiger partial charge in [0.05, 0.1) is 80.7 Å². The van der Waals surface area contributed by atoms with Crippen molar-refractivity contribution in [3.63, 3.8) is 0 Å². The van der Waals surface area contributed by atoms with E-state index in [1.807, 2.05) is 6.07 Å². The van der Waals surface area contributed by atoms with E-state index in [9.17, 15) is 43.7 Å². The highest BCUT2D eigenvalue weighted by atomic mass is 127. The zero-order valence-electron chi connectivity index (χ0n) is 47.8. The number of halogens is 2. The van der Waals surface area contributed by atoms with Crippen molar-refractivity contribution in [2.75, 3.05) is 110 Å². The third-order valence-electron chi connectivity index (χ3n) is 15.4. The number of methoxy groups -OCH3 is 2. The molecule has 2 aromatic heterocycles. The molecule has 0 saturated carbocycles. The predicted octanol–water partition coefficient (Wildman–Crippen LogP) is 6.51. The first-order chi connectivity index (χ1) is 41.3. The van der Waals surface area contributed by atoms with Crippen LogP contribution in [-0.4, -0.2) is 185 Å². The number of anilines is 3. The summed E-state index contributed by atoms with van der Waals surface area (Å²) in [4.78, 5) is 119. The smallest absolute Gasteiger partial charge is 0.292 e. The Hall–Kier alpha value is -7.74. The summed E-state index contributed by atoms with van der Waals surface area (Å²) >= 11 is 4.20. The van der Waals surface area contributed by atoms with Gasteiger partial charge in [0.2, 0.25) is 11.8 Å². The lowest BCUT2D eigenvalue weighted by molar-refractivity contribution is -0.383. The normalized spacial score (nSPS) is 16.6. The van der Waals surface area contributed by atoms with Gasteiger partial charge in [-0.3, -0.25) is 58.4 Å². The number of carbonyl (C=O) groups excluding carboxylic acids is 7. The minimum Gasteiger partial charge on any atom is -0.480 e. The molecule has 0 aliphatic carbocycles. The highest BCUT2D eigenvalue weighted by molar-refractivity contribution is 14.1. The number of rotatable bonds is 18. The first kappa shape index (κ1) is 64.3. The number of fused-ring (bicyclic) bond motifs is 3. The van der Waals surface area contributed by atoms with Gasteiger partial charge in [-0.1, -0.05) is 0 Å². The van der Waals surface area contributed by atoms with E-state index in [2.05, 4.69) is 74.8 Å². The maximum absolute atomic E-state index is 12.9. The van der Waals surface area contributed by atoms with Crippen molar-refractivity contribution in [2.24, 2.45) is 10.7 Å². The van der Waals surface area contributed by atoms with E-state index in [1.165, 1.54) is 80.7 Å². The average Bonchev–Trinajstić information content (AvgIpc) is 2.11. The van der Waals surface area contributed by atoms with Crippen molar-refractivity contribution in [1.29, 1.82) is 0 Å². The molecule has 3 aromatic carbocycles. The fourth-order valence-electron chi connectivity index (χ4n) is 10.9. The molecule has 6 aliphatic rings. The second-order valence-corrected chi connectivity index (χ2v) is 23.3. The van der Waals surface area contributed by atoms with Crippen molar-refractivity contribution in [1.82, 2.24) is 39.4 Å². The van der Waals surface area contributed by atoms with Crippen LogP contribution in [0.1, 0.15) is 136 Å². The van der Waals surface area contributed by atoms with E-state index in [4.69, 9.17) is 32.4 Å². The predicted molar refractivity (Wildman–Crippen MR) is 339 cm³/mol. The fraction of sp³-hybridized carbons (Fsp3) is 0.390. The number of imide groups is 3. The number of carbonyl (C=O) groups is 7. The van der Waals surface area contributed by atoms with Gasteiger partial charge in [0.25, 0.3) is 41.1 Å². The monoisotopic (exact) mass is 1400 g/mol. The van der Waals surface area contributed by atoms with Crippen LogP contribution in [0.3, 0.4) is 0 Å². The molecule has 0 atom stereocenters. The molecular weight excluding hydrogens is 1330 g/mol. The lowest BCUT2D eigenvalue weighted by atomic mass is 10.1. The summed E-state index contributed by atoms with van der Waals surface area (Å²) in [5.41, 5.74) is 26.8. The topological polar surface area (TPSA) is 343 Å². The van der Waals surface area contributed by atoms with Crippen molar-refractivity contribution in [3.8, 4) is 11.8 Å². The molecule has 6 amide bonds. The van der Waals surface area contributed by atoms with Crippen molar-refractivity contribution >= 4 is 121 Å². The van der Waals surface area contributed by atoms with Gasteiger partial charge < -0.3 is 47.1 Å². The van der Waals surface area contributed by atoms with Gasteiger partial charge >= 0.3 is 0 Å². The second kappa shape index (κ2) is 29.6. The zero-order valence-corrected chi connectivity index (χ0v) is 52.1. The van der Waals surface area contributed by atoms with Crippen molar-refractivity contribution in [2.45, 2.75) is 57.8 Å². The second-order valence-electron chi connectivity index (χ2n) is 21.0. The van der Waals surface area contributed by atoms with Gasteiger partial charge in [-0.25, -0.2) is 15.0 Å². The fourth-order valence-corrected chi connectivity index (χ4v) is 12.1. The maximum Gasteiger partial charge on any atom is 0.292 e. The summed E-state index contributed by atoms with van der Waals surface area (Å²) in [5.74, 6) is -0.946. The third kappa shape index (κ3) is 14.9. The van der Waals surface area contributed by atoms with Crippen LogP contribution in [0.5, 0.6) is 11.8 Å². The number of ether oxygens (including phenoxy) is 2. The maximum atomic E-state index is 12.9. The SMILES string of the molecule is COc1nccc(I)c1C(N)=Nc1ccc2c(c1)C(=O)N(CCCN1CCCC1)C2=O.COc1nccc(I)c1C=O.Nc1cc2c(cc1N)C(=O)N(CCCN1CCCC1)C2=O.Nc1cc2c(cc1[N+](=O)[O-])C(=O)N(CCCN1CCCC1)C2=O. The van der Waals surface area contributed by atoms with E-state index < -0.39 is 16.7 Å². The number of benzene rings is 3. The molecule has 454 valence electrons. The summed E-state index contributed by atoms with van der Waals surface area (Å²) in [6.45, 7) is 10.4. The van der Waals surface area contributed by atoms with Crippen LogP contribution in [0.25, 0.3) is 0 Å². The van der Waals surface area contributed by atoms with E-state index in [0.717, 1.165) is 96.1 Å². The highest BCUT2D eigenvalue weighted by Gasteiger charge is 2.39. The summed E-state index contributed by atoms with van der Waals surface area (Å²) in [5, 5.41) is 10.9. The van der Waals surface area contributed by atoms with Crippen LogP contribution in [0, 0.1) is 17.3 Å². The number of nitro groups is 1. The minimum atomic E-state index is -0.649. The molecule has 11 rings (SSSR count). The van der Waals surface area contributed by atoms with E-state index in [0.29, 0.717) is 88.3 Å². The van der Waals surface area contributed by atoms with Gasteiger partial charge in [-0.05, 0) is 210 Å². The summed E-state index contributed by atoms with van der Waals surface area (Å²) in [7, 11) is 3.01. The number of aliphatic imine (C=N–C) groups is 1. The summed E-state index contributed by atoms with van der Waals surface area (Å²) < 4.78 is 11.9. The number of nitro benzene ring substituents is 1. The quantitative estimate of drug-likeness (QED) is 0.0106. The average molecular weight is 1400 g/mol. The number of pyridine rings is 2. The Labute approximate surface area is 524 Å². The molecule has 5 aromatic rings. The lowest BCUT2D eigenvalue weighted by Gasteiger charge is -2.17. The number of hydrogen-bond donors (Lipinski definition) is 4. The molecule has 6 aliphatic heterocycles. The molecule has 8 heterocycles. The van der Waals surface area contributed by atoms with Crippen LogP contribution >= 0.6 is 45.2 Å². The molecule has 0 radical (unpaired) electrons. The Bertz CT molecular complexity index is 3420. The number of nitrogens with two attached hydrogens (primary N) is 4. The Morgan fingerprint density at radius 3 is 1.35 bits per heavy atom. The van der Waals surface area contributed by atoms with Gasteiger partial charge in [0.15, 0.2) is 6.29 Å². The van der Waals surface area contributed by atoms with Crippen LogP contribution in [0.2, 0.25) is 0 Å². The first-order valence-corrected chi connectivity index (χ1v) is 30.3. The van der Waals surface area contributed by atoms with Gasteiger partial charge in [0, 0.05) is 45.2 Å². The van der Waals surface area contributed by atoms with Crippen molar-refractivity contribution < 1.29 is 48.0 Å². The molecule has 0 spiro atoms. The number of nitrogens with zero attached hydrogens (tertiary/aromatic N) is 10. The van der Waals surface area contributed by atoms with Gasteiger partial charge in [0.1, 0.15) is 11.5 Å². The largest absolute Gasteiger partial charge is 0.480 e. The van der Waals surface area contributed by atoms with Gasteiger partial charge in [-0.2, -0.15) is 0 Å². The molecule has 8 N–H and O–H groups in total. The van der Waals surface area contributed by atoms with Crippen LogP contribution in [0.15, 0.2) is 72.0 Å². The minimum absolute atomic E-state index is 0.0667. The number of amides is 6. The third-order valence-corrected chi connectivity index (χ3v) is 17.2. The van der Waals surface area contributed by atoms with Crippen molar-refractivity contribution in [3.05, 3.63) is 129 Å². The molecule has 25 nitrogen and oxygen atoms in total. The zero-order chi connectivity index (χ0) is 61.8. The molecule has 0 bridgehead atoms. The number of hydrogen-bond acceptors (Lipinski definition) is 20. The van der Waals surface area contributed by atoms with Crippen LogP contribution in [-0.2, 0) is 0 Å². The number of aldehydes is 1. The summed E-state index contributed by atoms with van der Waals surface area (Å²) in [6, 6.07) is 13.9. The number of aromatic nitrogens is 2. The molecular formula is C59H68I2N14O11. The molecule has 3 fully saturated rings. The molecule has 27 heteroatoms. The summed E-state index contributed by atoms with van der Waals surface area (Å²) in [6.07, 6.45) is 13.6. The van der Waals surface area contributed by atoms with E-state index in [1.54, 1.807) is 36.7 Å². The Morgan fingerprint density at radius 2 is 0.942 bits per heavy atom. The number of nitrogen functional groups attached to an aromatic ring is 3. The Balaban J connectivity index is 0.000000157. The molecule has 3 saturated heterocycles. The number of likely N-dealkylation sites (tertiary alicyclic amines) is 3. The van der Waals surface area contributed by atoms with Crippen LogP contribution in [0.4, 0.5) is 28.4 Å². The van der Waals surface area contributed by atoms with Gasteiger partial charge in [-0.15, -0.1) is 0 Å². The Morgan fingerprint density at radius 1 is 0.558 bits per heavy atom. The van der Waals surface area contributed by atoms with Crippen LogP contribution < -0.4 is 32.4 Å². The Kier molecular flexibility index (Phi) is 22.1. The standard InChI is InChI=1S/C22H24IN5O3.C15H18N4O4.C15H20N4O2.C7H6INO2/c1-31-20-18(17(23)7-8-25-20)19(24)26-14-5-6-15-16(13-14)22(30)28(21(15)29)12-4-11-27-9-2-3-10-27;16-12-8-10-11(9-13(12)19(22)23)15(21)18(14(10)20)7-3-6-17-4-1-2-5-17;16-12-8-10-11(9-13(12)17)15(21)19(14(10)20)7-3-6-18-4-1-2-5-18;1-11-7-5(4-10)6(8)2-3-9-7/h5-8,13H,2-4,9-12H2,1H3,(H2,24,26);8-9H,1-7,16H2;8-9H,1-7,16-17H2;2-4H,1H3. The highest BCUT2D eigenvalue weighted by Crippen LogP contribution is 2.34. The lowest BCUT2D eigenvalue weighted by Crippen LogP contribution is -2.33. The molecule has 86 heavy (non-hydrogen) atoms. The number of amidine groups is 1. The molecule has 0 unspecified atom stereocenters.